The molecule has 0 aromatic heterocycles. The lowest BCUT2D eigenvalue weighted by molar-refractivity contribution is -0.157. The van der Waals surface area contributed by atoms with Crippen molar-refractivity contribution in [2.45, 2.75) is 5.54 Å². The molecule has 0 saturated carbocycles. The molecule has 0 aliphatic heterocycles. The van der Waals surface area contributed by atoms with E-state index in [-0.39, 0.29) is 0 Å². The number of nitriles is 2. The number of rotatable bonds is 4. The highest BCUT2D eigenvalue weighted by Gasteiger charge is 2.46. The van der Waals surface area contributed by atoms with E-state index in [0.717, 1.165) is 0 Å². The first-order valence-corrected chi connectivity index (χ1v) is 5.29. The van der Waals surface area contributed by atoms with Crippen molar-refractivity contribution in [2.75, 3.05) is 13.2 Å². The molecule has 0 aromatic rings. The number of ether oxygens (including phenoxy) is 2. The van der Waals surface area contributed by atoms with Crippen molar-refractivity contribution in [3.63, 3.8) is 0 Å². The second-order valence-corrected chi connectivity index (χ2v) is 3.65. The number of hydrogen-bond acceptors (Lipinski definition) is 7. The average molecular weight is 261 g/mol. The van der Waals surface area contributed by atoms with Crippen LogP contribution in [-0.2, 0) is 19.1 Å². The van der Waals surface area contributed by atoms with Crippen molar-refractivity contribution in [2.24, 2.45) is 11.7 Å². The molecule has 0 bridgehead atoms. The Morgan fingerprint density at radius 1 is 1.21 bits per heavy atom. The maximum absolute atomic E-state index is 11.8. The Morgan fingerprint density at radius 2 is 1.84 bits per heavy atom. The van der Waals surface area contributed by atoms with E-state index in [2.05, 4.69) is 9.47 Å². The second kappa shape index (κ2) is 6.34. The maximum Gasteiger partial charge on any atom is 0.332 e. The van der Waals surface area contributed by atoms with Gasteiger partial charge in [-0.05, 0) is 0 Å². The van der Waals surface area contributed by atoms with Crippen LogP contribution in [0, 0.1) is 28.6 Å². The molecule has 2 atom stereocenters. The molecule has 7 heteroatoms. The van der Waals surface area contributed by atoms with Crippen LogP contribution in [0.15, 0.2) is 24.3 Å². The van der Waals surface area contributed by atoms with Crippen LogP contribution in [0.4, 0.5) is 0 Å². The van der Waals surface area contributed by atoms with Crippen molar-refractivity contribution in [1.29, 1.82) is 10.5 Å². The highest BCUT2D eigenvalue weighted by Crippen LogP contribution is 2.25. The Kier molecular flexibility index (Phi) is 4.81. The largest absolute Gasteiger partial charge is 0.450 e. The number of carbonyl (C=O) groups is 2. The second-order valence-electron chi connectivity index (χ2n) is 3.65. The summed E-state index contributed by atoms with van der Waals surface area (Å²) in [4.78, 5) is 23.6. The van der Waals surface area contributed by atoms with Gasteiger partial charge in [0, 0.05) is 0 Å². The SMILES string of the molecule is N#CCOC(=O)C1C=CC=CC1(N)C(=O)OCC#N. The van der Waals surface area contributed by atoms with E-state index in [9.17, 15) is 9.59 Å². The van der Waals surface area contributed by atoms with Gasteiger partial charge < -0.3 is 15.2 Å². The number of allylic oxidation sites excluding steroid dienone is 2. The van der Waals surface area contributed by atoms with Gasteiger partial charge in [0.15, 0.2) is 18.8 Å². The summed E-state index contributed by atoms with van der Waals surface area (Å²) < 4.78 is 9.28. The predicted molar refractivity (Wildman–Crippen MR) is 61.8 cm³/mol. The fourth-order valence-electron chi connectivity index (χ4n) is 1.54. The third kappa shape index (κ3) is 3.18. The summed E-state index contributed by atoms with van der Waals surface area (Å²) in [5.74, 6) is -2.82. The molecular weight excluding hydrogens is 250 g/mol. The minimum atomic E-state index is -1.74. The van der Waals surface area contributed by atoms with Gasteiger partial charge in [0.2, 0.25) is 0 Å². The molecule has 0 saturated heterocycles. The summed E-state index contributed by atoms with van der Waals surface area (Å²) in [6.07, 6.45) is 5.70. The van der Waals surface area contributed by atoms with Gasteiger partial charge in [0.25, 0.3) is 0 Å². The van der Waals surface area contributed by atoms with E-state index in [1.54, 1.807) is 12.1 Å². The van der Waals surface area contributed by atoms with Gasteiger partial charge in [-0.15, -0.1) is 0 Å². The molecule has 0 spiro atoms. The van der Waals surface area contributed by atoms with E-state index >= 15 is 0 Å². The first-order valence-electron chi connectivity index (χ1n) is 5.29. The number of nitrogens with zero attached hydrogens (tertiary/aromatic N) is 2. The quantitative estimate of drug-likeness (QED) is 0.679. The Labute approximate surface area is 109 Å². The summed E-state index contributed by atoms with van der Waals surface area (Å²) in [5, 5.41) is 16.7. The predicted octanol–water partition coefficient (Wildman–Crippen LogP) is -0.440. The summed E-state index contributed by atoms with van der Waals surface area (Å²) in [6.45, 7) is -0.897. The van der Waals surface area contributed by atoms with Crippen LogP contribution in [0.2, 0.25) is 0 Å². The zero-order chi connectivity index (χ0) is 14.3. The van der Waals surface area contributed by atoms with Crippen LogP contribution in [0.5, 0.6) is 0 Å². The highest BCUT2D eigenvalue weighted by molar-refractivity contribution is 5.92. The van der Waals surface area contributed by atoms with Crippen LogP contribution in [0.1, 0.15) is 0 Å². The van der Waals surface area contributed by atoms with Gasteiger partial charge in [-0.25, -0.2) is 4.79 Å². The Bertz CT molecular complexity index is 512. The van der Waals surface area contributed by atoms with Gasteiger partial charge in [-0.3, -0.25) is 4.79 Å². The van der Waals surface area contributed by atoms with Gasteiger partial charge >= 0.3 is 11.9 Å². The molecule has 1 aliphatic rings. The van der Waals surface area contributed by atoms with E-state index in [0.29, 0.717) is 0 Å². The van der Waals surface area contributed by atoms with Crippen molar-refractivity contribution in [3.8, 4) is 12.1 Å². The minimum absolute atomic E-state index is 0.434. The smallest absolute Gasteiger partial charge is 0.332 e. The summed E-state index contributed by atoms with van der Waals surface area (Å²) in [7, 11) is 0. The van der Waals surface area contributed by atoms with Crippen LogP contribution >= 0.6 is 0 Å². The summed E-state index contributed by atoms with van der Waals surface area (Å²) in [5.41, 5.74) is 4.12. The standard InChI is InChI=1S/C12H11N3O4/c13-5-7-18-10(16)9-3-1-2-4-12(9,15)11(17)19-8-6-14/h1-4,9H,7-8,15H2. The molecule has 19 heavy (non-hydrogen) atoms. The molecule has 0 aromatic carbocycles. The van der Waals surface area contributed by atoms with E-state index in [1.807, 2.05) is 0 Å². The summed E-state index contributed by atoms with van der Waals surface area (Å²) >= 11 is 0. The van der Waals surface area contributed by atoms with Gasteiger partial charge in [-0.2, -0.15) is 10.5 Å². The van der Waals surface area contributed by atoms with E-state index in [1.165, 1.54) is 24.3 Å². The zero-order valence-electron chi connectivity index (χ0n) is 9.91. The zero-order valence-corrected chi connectivity index (χ0v) is 9.91. The van der Waals surface area contributed by atoms with Gasteiger partial charge in [0.1, 0.15) is 18.1 Å². The Morgan fingerprint density at radius 3 is 2.47 bits per heavy atom. The molecule has 1 aliphatic carbocycles. The maximum atomic E-state index is 11.8. The number of esters is 2. The Hall–Kier alpha value is -2.64. The molecule has 2 N–H and O–H groups in total. The molecule has 0 heterocycles. The third-order valence-corrected chi connectivity index (χ3v) is 2.46. The van der Waals surface area contributed by atoms with Gasteiger partial charge in [-0.1, -0.05) is 24.3 Å². The van der Waals surface area contributed by atoms with E-state index < -0.39 is 36.6 Å². The lowest BCUT2D eigenvalue weighted by atomic mass is 9.81. The minimum Gasteiger partial charge on any atom is -0.450 e. The molecule has 7 nitrogen and oxygen atoms in total. The third-order valence-electron chi connectivity index (χ3n) is 2.46. The summed E-state index contributed by atoms with van der Waals surface area (Å²) in [6, 6.07) is 3.28. The first kappa shape index (κ1) is 14.4. The monoisotopic (exact) mass is 261 g/mol. The van der Waals surface area contributed by atoms with Crippen molar-refractivity contribution in [1.82, 2.24) is 0 Å². The molecule has 1 rings (SSSR count). The molecule has 0 fully saturated rings. The molecule has 2 unspecified atom stereocenters. The van der Waals surface area contributed by atoms with Crippen molar-refractivity contribution < 1.29 is 19.1 Å². The number of hydrogen-bond donors (Lipinski definition) is 1. The van der Waals surface area contributed by atoms with Crippen LogP contribution in [-0.4, -0.2) is 30.7 Å². The molecule has 0 radical (unpaired) electrons. The normalized spacial score (nSPS) is 24.1. The lowest BCUT2D eigenvalue weighted by Crippen LogP contribution is -2.56. The van der Waals surface area contributed by atoms with Crippen LogP contribution < -0.4 is 5.73 Å². The van der Waals surface area contributed by atoms with Crippen LogP contribution in [0.3, 0.4) is 0 Å². The first-order chi connectivity index (χ1) is 9.06. The molecule has 0 amide bonds. The fraction of sp³-hybridized carbons (Fsp3) is 0.333. The van der Waals surface area contributed by atoms with Crippen molar-refractivity contribution in [3.05, 3.63) is 24.3 Å². The molecule has 98 valence electrons. The molecular formula is C12H11N3O4. The Balaban J connectivity index is 2.89. The van der Waals surface area contributed by atoms with Crippen LogP contribution in [0.25, 0.3) is 0 Å². The van der Waals surface area contributed by atoms with Gasteiger partial charge in [0.05, 0.1) is 0 Å². The highest BCUT2D eigenvalue weighted by atomic mass is 16.5. The lowest BCUT2D eigenvalue weighted by Gasteiger charge is -2.30. The van der Waals surface area contributed by atoms with E-state index in [4.69, 9.17) is 16.3 Å². The average Bonchev–Trinajstić information content (AvgIpc) is 2.42. The van der Waals surface area contributed by atoms with Crippen molar-refractivity contribution >= 4 is 11.9 Å². The number of carbonyl (C=O) groups excluding carboxylic acids is 2. The fourth-order valence-corrected chi connectivity index (χ4v) is 1.54. The topological polar surface area (TPSA) is 126 Å². The number of nitrogens with two attached hydrogens (primary N) is 1.